The second-order valence-electron chi connectivity index (χ2n) is 7.71. The molecule has 5 heteroatoms. The minimum atomic E-state index is -3.69. The van der Waals surface area contributed by atoms with Crippen LogP contribution >= 0.6 is 0 Å². The monoisotopic (exact) mass is 383 g/mol. The molecule has 0 radical (unpaired) electrons. The number of fused-ring (bicyclic) bond motifs is 1. The summed E-state index contributed by atoms with van der Waals surface area (Å²) >= 11 is 0. The van der Waals surface area contributed by atoms with Gasteiger partial charge in [-0.2, -0.15) is 0 Å². The van der Waals surface area contributed by atoms with Crippen LogP contribution in [0.3, 0.4) is 0 Å². The minimum absolute atomic E-state index is 0.0414. The number of hydrogen-bond donors (Lipinski definition) is 2. The summed E-state index contributed by atoms with van der Waals surface area (Å²) < 4.78 is 27.7. The van der Waals surface area contributed by atoms with Gasteiger partial charge in [-0.3, -0.25) is 0 Å². The molecule has 1 atom stereocenters. The first-order valence-corrected chi connectivity index (χ1v) is 10.4. The van der Waals surface area contributed by atoms with E-state index >= 15 is 0 Å². The Balaban J connectivity index is 1.76. The van der Waals surface area contributed by atoms with E-state index in [2.05, 4.69) is 25.5 Å². The third-order valence-electron chi connectivity index (χ3n) is 4.68. The Morgan fingerprint density at radius 1 is 0.926 bits per heavy atom. The van der Waals surface area contributed by atoms with Crippen LogP contribution in [0.2, 0.25) is 0 Å². The summed E-state index contributed by atoms with van der Waals surface area (Å²) in [6, 6.07) is 20.2. The molecule has 0 saturated carbocycles. The predicted octanol–water partition coefficient (Wildman–Crippen LogP) is 4.15. The van der Waals surface area contributed by atoms with E-state index in [9.17, 15) is 13.5 Å². The summed E-state index contributed by atoms with van der Waals surface area (Å²) in [6.07, 6.45) is -0.931. The zero-order chi connectivity index (χ0) is 19.7. The topological polar surface area (TPSA) is 66.4 Å². The van der Waals surface area contributed by atoms with Gasteiger partial charge in [0.2, 0.25) is 10.0 Å². The Hall–Kier alpha value is -2.21. The van der Waals surface area contributed by atoms with E-state index in [4.69, 9.17) is 0 Å². The van der Waals surface area contributed by atoms with Gasteiger partial charge in [-0.15, -0.1) is 0 Å². The number of rotatable bonds is 5. The Kier molecular flexibility index (Phi) is 5.38. The van der Waals surface area contributed by atoms with Gasteiger partial charge in [0.1, 0.15) is 0 Å². The second-order valence-corrected chi connectivity index (χ2v) is 9.48. The smallest absolute Gasteiger partial charge is 0.240 e. The van der Waals surface area contributed by atoms with Crippen LogP contribution in [0.4, 0.5) is 0 Å². The molecule has 0 spiro atoms. The van der Waals surface area contributed by atoms with Crippen LogP contribution in [-0.2, 0) is 15.4 Å². The molecule has 0 aliphatic heterocycles. The van der Waals surface area contributed by atoms with Crippen molar-refractivity contribution >= 4 is 20.8 Å². The highest BCUT2D eigenvalue weighted by Gasteiger charge is 2.19. The lowest BCUT2D eigenvalue weighted by Crippen LogP contribution is -2.28. The van der Waals surface area contributed by atoms with Gasteiger partial charge in [0.05, 0.1) is 11.0 Å². The summed E-state index contributed by atoms with van der Waals surface area (Å²) in [6.45, 7) is 6.15. The first-order valence-electron chi connectivity index (χ1n) is 8.94. The molecular weight excluding hydrogens is 358 g/mol. The third-order valence-corrected chi connectivity index (χ3v) is 6.12. The molecule has 0 fully saturated rings. The van der Waals surface area contributed by atoms with Crippen molar-refractivity contribution in [2.24, 2.45) is 0 Å². The molecule has 142 valence electrons. The lowest BCUT2D eigenvalue weighted by molar-refractivity contribution is 0.183. The molecule has 0 aromatic heterocycles. The highest BCUT2D eigenvalue weighted by Crippen LogP contribution is 2.25. The minimum Gasteiger partial charge on any atom is -0.387 e. The first-order chi connectivity index (χ1) is 12.7. The van der Waals surface area contributed by atoms with E-state index in [1.807, 2.05) is 54.6 Å². The number of hydrogen-bond acceptors (Lipinski definition) is 3. The zero-order valence-corrected chi connectivity index (χ0v) is 16.6. The SMILES string of the molecule is CC(C)(C)c1ccc(S(=O)(=O)NCC(O)c2cccc3ccccc23)cc1. The fourth-order valence-corrected chi connectivity index (χ4v) is 4.10. The van der Waals surface area contributed by atoms with Crippen LogP contribution in [0.5, 0.6) is 0 Å². The summed E-state index contributed by atoms with van der Waals surface area (Å²) in [4.78, 5) is 0.195. The molecule has 0 amide bonds. The van der Waals surface area contributed by atoms with Gasteiger partial charge in [0.15, 0.2) is 0 Å². The van der Waals surface area contributed by atoms with E-state index in [1.54, 1.807) is 12.1 Å². The largest absolute Gasteiger partial charge is 0.387 e. The maximum atomic E-state index is 12.6. The average Bonchev–Trinajstić information content (AvgIpc) is 2.65. The van der Waals surface area contributed by atoms with Crippen molar-refractivity contribution < 1.29 is 13.5 Å². The number of sulfonamides is 1. The van der Waals surface area contributed by atoms with E-state index in [0.29, 0.717) is 5.56 Å². The molecule has 4 nitrogen and oxygen atoms in total. The highest BCUT2D eigenvalue weighted by atomic mass is 32.2. The van der Waals surface area contributed by atoms with Gasteiger partial charge >= 0.3 is 0 Å². The van der Waals surface area contributed by atoms with E-state index in [1.165, 1.54) is 0 Å². The van der Waals surface area contributed by atoms with Gasteiger partial charge in [0, 0.05) is 6.54 Å². The van der Waals surface area contributed by atoms with Crippen LogP contribution in [0, 0.1) is 0 Å². The van der Waals surface area contributed by atoms with Crippen molar-refractivity contribution in [2.75, 3.05) is 6.54 Å². The van der Waals surface area contributed by atoms with Crippen molar-refractivity contribution in [2.45, 2.75) is 37.2 Å². The number of aliphatic hydroxyl groups is 1. The average molecular weight is 384 g/mol. The molecule has 3 aromatic rings. The Labute approximate surface area is 160 Å². The Morgan fingerprint density at radius 3 is 2.22 bits per heavy atom. The van der Waals surface area contributed by atoms with Gasteiger partial charge in [-0.1, -0.05) is 75.4 Å². The summed E-state index contributed by atoms with van der Waals surface area (Å²) in [5, 5.41) is 12.5. The number of nitrogens with one attached hydrogen (secondary N) is 1. The van der Waals surface area contributed by atoms with Crippen molar-refractivity contribution in [3.8, 4) is 0 Å². The molecule has 0 aliphatic rings. The third kappa shape index (κ3) is 4.38. The summed E-state index contributed by atoms with van der Waals surface area (Å²) in [5.74, 6) is 0. The van der Waals surface area contributed by atoms with E-state index in [-0.39, 0.29) is 16.9 Å². The molecular formula is C22H25NO3S. The van der Waals surface area contributed by atoms with E-state index in [0.717, 1.165) is 16.3 Å². The van der Waals surface area contributed by atoms with Crippen molar-refractivity contribution in [3.05, 3.63) is 77.9 Å². The summed E-state index contributed by atoms with van der Waals surface area (Å²) in [5.41, 5.74) is 1.73. The van der Waals surface area contributed by atoms with Crippen molar-refractivity contribution in [1.29, 1.82) is 0 Å². The van der Waals surface area contributed by atoms with Crippen LogP contribution in [0.15, 0.2) is 71.6 Å². The zero-order valence-electron chi connectivity index (χ0n) is 15.8. The molecule has 0 heterocycles. The molecule has 3 rings (SSSR count). The number of aliphatic hydroxyl groups excluding tert-OH is 1. The fourth-order valence-electron chi connectivity index (χ4n) is 3.06. The van der Waals surface area contributed by atoms with Gasteiger partial charge in [-0.25, -0.2) is 13.1 Å². The lowest BCUT2D eigenvalue weighted by Gasteiger charge is -2.19. The molecule has 2 N–H and O–H groups in total. The van der Waals surface area contributed by atoms with Gasteiger partial charge in [-0.05, 0) is 39.4 Å². The van der Waals surface area contributed by atoms with Crippen LogP contribution in [0.25, 0.3) is 10.8 Å². The van der Waals surface area contributed by atoms with Crippen LogP contribution in [-0.4, -0.2) is 20.1 Å². The lowest BCUT2D eigenvalue weighted by atomic mass is 9.87. The van der Waals surface area contributed by atoms with E-state index < -0.39 is 16.1 Å². The fraction of sp³-hybridized carbons (Fsp3) is 0.273. The maximum absolute atomic E-state index is 12.6. The molecule has 0 aliphatic carbocycles. The normalized spacial score (nSPS) is 13.6. The predicted molar refractivity (Wildman–Crippen MR) is 109 cm³/mol. The molecule has 0 saturated heterocycles. The molecule has 1 unspecified atom stereocenters. The first kappa shape index (κ1) is 19.5. The van der Waals surface area contributed by atoms with Gasteiger partial charge < -0.3 is 5.11 Å². The Morgan fingerprint density at radius 2 is 1.56 bits per heavy atom. The van der Waals surface area contributed by atoms with Crippen LogP contribution < -0.4 is 4.72 Å². The van der Waals surface area contributed by atoms with Crippen LogP contribution in [0.1, 0.15) is 38.0 Å². The van der Waals surface area contributed by atoms with Crippen molar-refractivity contribution in [3.63, 3.8) is 0 Å². The Bertz CT molecular complexity index is 1030. The maximum Gasteiger partial charge on any atom is 0.240 e. The standard InChI is InChI=1S/C22H25NO3S/c1-22(2,3)17-11-13-18(14-12-17)27(25,26)23-15-21(24)20-10-6-8-16-7-4-5-9-19(16)20/h4-14,21,23-24H,15H2,1-3H3. The number of benzene rings is 3. The van der Waals surface area contributed by atoms with Gasteiger partial charge in [0.25, 0.3) is 0 Å². The highest BCUT2D eigenvalue weighted by molar-refractivity contribution is 7.89. The quantitative estimate of drug-likeness (QED) is 0.696. The van der Waals surface area contributed by atoms with Crippen molar-refractivity contribution in [1.82, 2.24) is 4.72 Å². The molecule has 3 aromatic carbocycles. The summed E-state index contributed by atoms with van der Waals surface area (Å²) in [7, 11) is -3.69. The molecule has 0 bridgehead atoms. The second kappa shape index (κ2) is 7.43. The molecule has 27 heavy (non-hydrogen) atoms.